The maximum Gasteiger partial charge on any atom is 0.573 e. The van der Waals surface area contributed by atoms with Gasteiger partial charge in [-0.15, -0.1) is 13.2 Å². The first-order chi connectivity index (χ1) is 17.3. The van der Waals surface area contributed by atoms with Crippen molar-refractivity contribution in [3.8, 4) is 0 Å². The van der Waals surface area contributed by atoms with Crippen LogP contribution in [0.1, 0.15) is 51.6 Å². The van der Waals surface area contributed by atoms with Crippen molar-refractivity contribution in [3.05, 3.63) is 60.2 Å². The maximum atomic E-state index is 15.0. The Labute approximate surface area is 214 Å². The molecule has 0 radical (unpaired) electrons. The number of hydrogen-bond donors (Lipinski definition) is 1. The van der Waals surface area contributed by atoms with Crippen LogP contribution in [-0.2, 0) is 20.7 Å². The molecule has 0 aliphatic heterocycles. The Bertz CT molecular complexity index is 1200. The molecule has 1 N–H and O–H groups in total. The molecule has 1 aliphatic carbocycles. The fourth-order valence-electron chi connectivity index (χ4n) is 5.21. The van der Waals surface area contributed by atoms with Gasteiger partial charge in [-0.25, -0.2) is 9.37 Å². The van der Waals surface area contributed by atoms with Crippen LogP contribution in [0.15, 0.2) is 48.8 Å². The van der Waals surface area contributed by atoms with E-state index in [0.717, 1.165) is 25.3 Å². The Morgan fingerprint density at radius 3 is 2.68 bits per heavy atom. The van der Waals surface area contributed by atoms with Crippen LogP contribution in [0.2, 0.25) is 0 Å². The summed E-state index contributed by atoms with van der Waals surface area (Å²) in [4.78, 5) is 16.4. The topological polar surface area (TPSA) is 65.4 Å². The molecule has 1 saturated carbocycles. The van der Waals surface area contributed by atoms with Crippen LogP contribution >= 0.6 is 0 Å². The molecule has 3 rings (SSSR count). The van der Waals surface area contributed by atoms with Gasteiger partial charge in [0.25, 0.3) is 0 Å². The van der Waals surface area contributed by atoms with Crippen LogP contribution in [0.4, 0.5) is 23.5 Å². The number of ether oxygens (including phenoxy) is 2. The zero-order valence-corrected chi connectivity index (χ0v) is 21.5. The van der Waals surface area contributed by atoms with Crippen LogP contribution in [0.3, 0.4) is 0 Å². The Balaban J connectivity index is 1.96. The van der Waals surface area contributed by atoms with E-state index in [1.165, 1.54) is 31.4 Å². The van der Waals surface area contributed by atoms with Gasteiger partial charge in [-0.05, 0) is 48.8 Å². The van der Waals surface area contributed by atoms with Crippen molar-refractivity contribution in [2.45, 2.75) is 58.9 Å². The second kappa shape index (κ2) is 11.4. The minimum atomic E-state index is -4.82. The van der Waals surface area contributed by atoms with Crippen LogP contribution < -0.4 is 5.32 Å². The van der Waals surface area contributed by atoms with Crippen LogP contribution in [0, 0.1) is 17.2 Å². The summed E-state index contributed by atoms with van der Waals surface area (Å²) in [6.07, 6.45) is 2.72. The Hall–Kier alpha value is -3.30. The van der Waals surface area contributed by atoms with E-state index in [1.807, 2.05) is 4.57 Å². The molecule has 37 heavy (non-hydrogen) atoms. The van der Waals surface area contributed by atoms with Crippen molar-refractivity contribution >= 4 is 23.0 Å². The van der Waals surface area contributed by atoms with E-state index in [-0.39, 0.29) is 30.0 Å². The predicted octanol–water partition coefficient (Wildman–Crippen LogP) is 6.85. The number of carbonyl (C=O) groups excluding carboxylic acids is 1. The van der Waals surface area contributed by atoms with Gasteiger partial charge in [-0.1, -0.05) is 39.5 Å². The number of fused-ring (bicyclic) bond motifs is 1. The number of allylic oxidation sites excluding steroid dienone is 3. The van der Waals surface area contributed by atoms with E-state index in [0.29, 0.717) is 22.9 Å². The maximum absolute atomic E-state index is 15.0. The van der Waals surface area contributed by atoms with E-state index in [9.17, 15) is 18.0 Å². The number of benzene rings is 1. The molecule has 1 aromatic heterocycles. The van der Waals surface area contributed by atoms with Crippen molar-refractivity contribution in [1.82, 2.24) is 9.55 Å². The molecule has 1 aliphatic rings. The molecule has 1 aromatic carbocycles. The number of rotatable bonds is 9. The summed E-state index contributed by atoms with van der Waals surface area (Å²) in [5.41, 5.74) is 1.34. The van der Waals surface area contributed by atoms with Gasteiger partial charge in [0.05, 0.1) is 24.6 Å². The number of alkyl halides is 3. The van der Waals surface area contributed by atoms with Crippen molar-refractivity contribution in [3.63, 3.8) is 0 Å². The smallest absolute Gasteiger partial charge is 0.469 e. The van der Waals surface area contributed by atoms with Gasteiger partial charge in [0.15, 0.2) is 0 Å². The minimum absolute atomic E-state index is 0.0332. The molecular formula is C27H33F4N3O3. The number of nitrogens with one attached hydrogen (secondary N) is 1. The van der Waals surface area contributed by atoms with Gasteiger partial charge in [-0.2, -0.15) is 0 Å². The van der Waals surface area contributed by atoms with Crippen LogP contribution in [0.5, 0.6) is 0 Å². The number of esters is 1. The van der Waals surface area contributed by atoms with Crippen LogP contribution in [0.25, 0.3) is 11.0 Å². The highest BCUT2D eigenvalue weighted by atomic mass is 19.4. The van der Waals surface area contributed by atoms with E-state index in [1.54, 1.807) is 6.07 Å². The standard InChI is InChI=1S/C27H33F4N3O3/c1-6-8-20(37-27(29,30)31)9-7-10-32-25-33-22-12-18(13-24(35)36-5)21(28)14-23(22)34(25)19-11-17(2)15-26(3,4)16-19/h6-9,12,14,17,19H,1,10-11,13,15-16H2,2-5H3,(H,32,33)/b9-7-,20-8+/t17-,19+/m0/s1. The fraction of sp³-hybridized carbons (Fsp3) is 0.481. The number of halogens is 4. The van der Waals surface area contributed by atoms with E-state index in [4.69, 9.17) is 0 Å². The zero-order valence-electron chi connectivity index (χ0n) is 21.5. The largest absolute Gasteiger partial charge is 0.573 e. The summed E-state index contributed by atoms with van der Waals surface area (Å²) < 4.78 is 63.5. The lowest BCUT2D eigenvalue weighted by Gasteiger charge is -2.40. The second-order valence-electron chi connectivity index (χ2n) is 10.2. The lowest BCUT2D eigenvalue weighted by molar-refractivity contribution is -0.303. The molecule has 2 atom stereocenters. The molecule has 1 heterocycles. The van der Waals surface area contributed by atoms with Crippen molar-refractivity contribution in [2.75, 3.05) is 19.0 Å². The average molecular weight is 524 g/mol. The van der Waals surface area contributed by atoms with Gasteiger partial charge in [0, 0.05) is 24.2 Å². The molecule has 6 nitrogen and oxygen atoms in total. The molecular weight excluding hydrogens is 490 g/mol. The first-order valence-electron chi connectivity index (χ1n) is 12.1. The zero-order chi connectivity index (χ0) is 27.4. The highest BCUT2D eigenvalue weighted by Gasteiger charge is 2.35. The third-order valence-corrected chi connectivity index (χ3v) is 6.32. The monoisotopic (exact) mass is 523 g/mol. The quantitative estimate of drug-likeness (QED) is 0.169. The van der Waals surface area contributed by atoms with E-state index in [2.05, 4.69) is 47.1 Å². The number of nitrogens with zero attached hydrogens (tertiary/aromatic N) is 2. The first-order valence-corrected chi connectivity index (χ1v) is 12.1. The molecule has 0 unspecified atom stereocenters. The highest BCUT2D eigenvalue weighted by molar-refractivity contribution is 5.82. The normalized spacial score (nSPS) is 20.3. The molecule has 202 valence electrons. The summed E-state index contributed by atoms with van der Waals surface area (Å²) in [5, 5.41) is 3.15. The summed E-state index contributed by atoms with van der Waals surface area (Å²) in [6.45, 7) is 10.1. The summed E-state index contributed by atoms with van der Waals surface area (Å²) in [6, 6.07) is 2.96. The molecule has 1 fully saturated rings. The Kier molecular flexibility index (Phi) is 8.71. The highest BCUT2D eigenvalue weighted by Crippen LogP contribution is 2.46. The SMILES string of the molecule is C=C/C=C(\C=C/CNc1nc2cc(CC(=O)OC)c(F)cc2n1[C@@H]1C[C@H](C)CC(C)(C)C1)OC(F)(F)F. The van der Waals surface area contributed by atoms with Crippen molar-refractivity contribution < 1.29 is 31.8 Å². The van der Waals surface area contributed by atoms with E-state index >= 15 is 4.39 Å². The van der Waals surface area contributed by atoms with E-state index < -0.39 is 23.9 Å². The minimum Gasteiger partial charge on any atom is -0.469 e. The van der Waals surface area contributed by atoms with Gasteiger partial charge < -0.3 is 19.4 Å². The van der Waals surface area contributed by atoms with Crippen molar-refractivity contribution in [2.24, 2.45) is 11.3 Å². The lowest BCUT2D eigenvalue weighted by atomic mass is 9.70. The summed E-state index contributed by atoms with van der Waals surface area (Å²) >= 11 is 0. The number of carbonyl (C=O) groups is 1. The summed E-state index contributed by atoms with van der Waals surface area (Å²) in [5.74, 6) is -0.593. The molecule has 0 amide bonds. The van der Waals surface area contributed by atoms with Gasteiger partial charge in [0.2, 0.25) is 5.95 Å². The fourth-order valence-corrected chi connectivity index (χ4v) is 5.21. The van der Waals surface area contributed by atoms with Gasteiger partial charge >= 0.3 is 12.3 Å². The number of hydrogen-bond acceptors (Lipinski definition) is 5. The Morgan fingerprint density at radius 1 is 1.32 bits per heavy atom. The number of aromatic nitrogens is 2. The molecule has 0 bridgehead atoms. The Morgan fingerprint density at radius 2 is 2.05 bits per heavy atom. The first kappa shape index (κ1) is 28.3. The average Bonchev–Trinajstić information content (AvgIpc) is 3.11. The predicted molar refractivity (Wildman–Crippen MR) is 134 cm³/mol. The number of anilines is 1. The van der Waals surface area contributed by atoms with Gasteiger partial charge in [-0.3, -0.25) is 4.79 Å². The molecule has 0 spiro atoms. The third-order valence-electron chi connectivity index (χ3n) is 6.32. The van der Waals surface area contributed by atoms with Crippen LogP contribution in [-0.4, -0.2) is 35.5 Å². The second-order valence-corrected chi connectivity index (χ2v) is 10.2. The number of methoxy groups -OCH3 is 1. The molecule has 10 heteroatoms. The lowest BCUT2D eigenvalue weighted by Crippen LogP contribution is -2.30. The van der Waals surface area contributed by atoms with Gasteiger partial charge in [0.1, 0.15) is 11.6 Å². The summed E-state index contributed by atoms with van der Waals surface area (Å²) in [7, 11) is 1.24. The van der Waals surface area contributed by atoms with Crippen molar-refractivity contribution in [1.29, 1.82) is 0 Å². The molecule has 0 saturated heterocycles. The molecule has 2 aromatic rings. The third kappa shape index (κ3) is 7.60. The number of imidazole rings is 1.